The molecule has 0 radical (unpaired) electrons. The van der Waals surface area contributed by atoms with E-state index in [0.717, 1.165) is 58.6 Å². The SMILES string of the molecule is CN1C2CCC1CC(N[C@H]1CC[C@H](n3cc(-c4ccc(Oc5ccccc5)cc4)c4c(N)ncnc43)CC1)C2. The third kappa shape index (κ3) is 4.79. The number of aromatic nitrogens is 3. The fraction of sp³-hybridized carbons (Fsp3) is 0.438. The summed E-state index contributed by atoms with van der Waals surface area (Å²) in [5, 5.41) is 5.00. The van der Waals surface area contributed by atoms with E-state index in [1.165, 1.54) is 38.5 Å². The number of hydrogen-bond acceptors (Lipinski definition) is 6. The molecule has 2 saturated heterocycles. The molecule has 2 aromatic carbocycles. The van der Waals surface area contributed by atoms with Gasteiger partial charge in [-0.05, 0) is 88.2 Å². The first-order chi connectivity index (χ1) is 19.1. The Morgan fingerprint density at radius 1 is 0.795 bits per heavy atom. The molecule has 39 heavy (non-hydrogen) atoms. The molecule has 7 nitrogen and oxygen atoms in total. The number of piperidine rings is 1. The number of benzene rings is 2. The summed E-state index contributed by atoms with van der Waals surface area (Å²) in [7, 11) is 2.32. The Balaban J connectivity index is 1.07. The summed E-state index contributed by atoms with van der Waals surface area (Å²) < 4.78 is 8.37. The Morgan fingerprint density at radius 2 is 1.46 bits per heavy atom. The van der Waals surface area contributed by atoms with Crippen molar-refractivity contribution in [1.29, 1.82) is 0 Å². The van der Waals surface area contributed by atoms with Gasteiger partial charge in [0.1, 0.15) is 29.3 Å². The highest BCUT2D eigenvalue weighted by molar-refractivity contribution is 6.00. The van der Waals surface area contributed by atoms with E-state index in [9.17, 15) is 0 Å². The first-order valence-electron chi connectivity index (χ1n) is 14.5. The Labute approximate surface area is 230 Å². The molecule has 4 aromatic rings. The van der Waals surface area contributed by atoms with Crippen LogP contribution in [0.4, 0.5) is 5.82 Å². The van der Waals surface area contributed by atoms with Crippen LogP contribution in [0.5, 0.6) is 11.5 Å². The maximum absolute atomic E-state index is 6.43. The number of anilines is 1. The Morgan fingerprint density at radius 3 is 2.18 bits per heavy atom. The lowest BCUT2D eigenvalue weighted by Crippen LogP contribution is -2.50. The largest absolute Gasteiger partial charge is 0.457 e. The van der Waals surface area contributed by atoms with E-state index in [0.29, 0.717) is 23.9 Å². The third-order valence-corrected chi connectivity index (χ3v) is 9.44. The molecule has 2 bridgehead atoms. The molecule has 3 fully saturated rings. The maximum Gasteiger partial charge on any atom is 0.146 e. The number of para-hydroxylation sites is 1. The summed E-state index contributed by atoms with van der Waals surface area (Å²) in [6, 6.07) is 21.4. The molecule has 7 rings (SSSR count). The lowest BCUT2D eigenvalue weighted by atomic mass is 9.89. The second kappa shape index (κ2) is 10.3. The number of fused-ring (bicyclic) bond motifs is 3. The quantitative estimate of drug-likeness (QED) is 0.315. The van der Waals surface area contributed by atoms with Crippen LogP contribution in [0.3, 0.4) is 0 Å². The summed E-state index contributed by atoms with van der Waals surface area (Å²) in [5.41, 5.74) is 9.54. The van der Waals surface area contributed by atoms with Gasteiger partial charge < -0.3 is 25.3 Å². The van der Waals surface area contributed by atoms with Gasteiger partial charge in [0.15, 0.2) is 0 Å². The molecule has 4 heterocycles. The van der Waals surface area contributed by atoms with E-state index in [4.69, 9.17) is 15.5 Å². The Bertz CT molecular complexity index is 1410. The molecule has 2 unspecified atom stereocenters. The van der Waals surface area contributed by atoms with Gasteiger partial charge in [0.2, 0.25) is 0 Å². The molecule has 1 aliphatic carbocycles. The Kier molecular flexibility index (Phi) is 6.49. The van der Waals surface area contributed by atoms with Crippen molar-refractivity contribution in [2.24, 2.45) is 0 Å². The zero-order chi connectivity index (χ0) is 26.3. The number of nitrogens with one attached hydrogen (secondary N) is 1. The summed E-state index contributed by atoms with van der Waals surface area (Å²) >= 11 is 0. The van der Waals surface area contributed by atoms with Gasteiger partial charge in [0, 0.05) is 42.0 Å². The van der Waals surface area contributed by atoms with Crippen LogP contribution < -0.4 is 15.8 Å². The Hall–Kier alpha value is -3.42. The highest BCUT2D eigenvalue weighted by Gasteiger charge is 2.39. The molecular weight excluding hydrogens is 484 g/mol. The van der Waals surface area contributed by atoms with Gasteiger partial charge in [0.25, 0.3) is 0 Å². The number of ether oxygens (including phenoxy) is 1. The van der Waals surface area contributed by atoms with Crippen LogP contribution in [0.1, 0.15) is 57.4 Å². The lowest BCUT2D eigenvalue weighted by Gasteiger charge is -2.40. The second-order valence-electron chi connectivity index (χ2n) is 11.7. The predicted octanol–water partition coefficient (Wildman–Crippen LogP) is 6.17. The minimum absolute atomic E-state index is 0.419. The molecule has 1 saturated carbocycles. The number of nitrogen functional groups attached to an aromatic ring is 1. The fourth-order valence-electron chi connectivity index (χ4n) is 7.33. The average Bonchev–Trinajstić information content (AvgIpc) is 3.43. The summed E-state index contributed by atoms with van der Waals surface area (Å²) in [5.74, 6) is 2.17. The smallest absolute Gasteiger partial charge is 0.146 e. The number of nitrogens with two attached hydrogens (primary N) is 1. The molecule has 202 valence electrons. The summed E-state index contributed by atoms with van der Waals surface area (Å²) in [6.45, 7) is 0. The van der Waals surface area contributed by atoms with Crippen LogP contribution in [0.15, 0.2) is 67.1 Å². The van der Waals surface area contributed by atoms with Crippen molar-refractivity contribution in [3.63, 3.8) is 0 Å². The zero-order valence-corrected chi connectivity index (χ0v) is 22.7. The topological polar surface area (TPSA) is 81.2 Å². The van der Waals surface area contributed by atoms with Crippen LogP contribution in [0, 0.1) is 0 Å². The van der Waals surface area contributed by atoms with Gasteiger partial charge in [-0.15, -0.1) is 0 Å². The van der Waals surface area contributed by atoms with Crippen LogP contribution in [0.2, 0.25) is 0 Å². The van der Waals surface area contributed by atoms with E-state index in [1.807, 2.05) is 42.5 Å². The van der Waals surface area contributed by atoms with E-state index in [-0.39, 0.29) is 0 Å². The molecule has 0 spiro atoms. The first-order valence-corrected chi connectivity index (χ1v) is 14.5. The number of nitrogens with zero attached hydrogens (tertiary/aromatic N) is 4. The fourth-order valence-corrected chi connectivity index (χ4v) is 7.33. The van der Waals surface area contributed by atoms with Gasteiger partial charge >= 0.3 is 0 Å². The van der Waals surface area contributed by atoms with Crippen LogP contribution in [-0.4, -0.2) is 50.7 Å². The van der Waals surface area contributed by atoms with Gasteiger partial charge in [-0.3, -0.25) is 0 Å². The monoisotopic (exact) mass is 522 g/mol. The molecule has 7 heteroatoms. The van der Waals surface area contributed by atoms with E-state index in [2.05, 4.69) is 45.1 Å². The minimum Gasteiger partial charge on any atom is -0.457 e. The molecular formula is C32H38N6O. The van der Waals surface area contributed by atoms with Crippen molar-refractivity contribution >= 4 is 16.9 Å². The van der Waals surface area contributed by atoms with Crippen molar-refractivity contribution < 1.29 is 4.74 Å². The molecule has 2 atom stereocenters. The maximum atomic E-state index is 6.43. The van der Waals surface area contributed by atoms with Crippen molar-refractivity contribution in [3.05, 3.63) is 67.1 Å². The van der Waals surface area contributed by atoms with Crippen molar-refractivity contribution in [2.75, 3.05) is 12.8 Å². The molecule has 3 aliphatic rings. The van der Waals surface area contributed by atoms with Crippen LogP contribution in [0.25, 0.3) is 22.2 Å². The highest BCUT2D eigenvalue weighted by atomic mass is 16.5. The van der Waals surface area contributed by atoms with Crippen LogP contribution in [-0.2, 0) is 0 Å². The first kappa shape index (κ1) is 24.6. The summed E-state index contributed by atoms with van der Waals surface area (Å²) in [4.78, 5) is 11.7. The van der Waals surface area contributed by atoms with Crippen molar-refractivity contribution in [3.8, 4) is 22.6 Å². The number of rotatable bonds is 6. The summed E-state index contributed by atoms with van der Waals surface area (Å²) in [6.07, 6.45) is 13.9. The average molecular weight is 523 g/mol. The van der Waals surface area contributed by atoms with E-state index >= 15 is 0 Å². The van der Waals surface area contributed by atoms with E-state index in [1.54, 1.807) is 6.33 Å². The zero-order valence-electron chi connectivity index (χ0n) is 22.7. The van der Waals surface area contributed by atoms with Crippen molar-refractivity contribution in [1.82, 2.24) is 24.8 Å². The normalized spacial score (nSPS) is 27.2. The van der Waals surface area contributed by atoms with Gasteiger partial charge in [0.05, 0.1) is 5.39 Å². The molecule has 0 amide bonds. The molecule has 2 aromatic heterocycles. The highest BCUT2D eigenvalue weighted by Crippen LogP contribution is 2.40. The van der Waals surface area contributed by atoms with Crippen LogP contribution >= 0.6 is 0 Å². The van der Waals surface area contributed by atoms with E-state index < -0.39 is 0 Å². The lowest BCUT2D eigenvalue weighted by molar-refractivity contribution is 0.136. The second-order valence-corrected chi connectivity index (χ2v) is 11.7. The molecule has 3 N–H and O–H groups in total. The van der Waals surface area contributed by atoms with Gasteiger partial charge in [-0.1, -0.05) is 30.3 Å². The standard InChI is InChI=1S/C32H38N6O/c1-37-25-13-14-26(37)18-23(17-25)36-22-9-11-24(12-10-22)38-19-29(30-31(33)34-20-35-32(30)38)21-7-15-28(16-8-21)39-27-5-3-2-4-6-27/h2-8,15-16,19-20,22-26,36H,9-14,17-18H2,1H3,(H2,33,34,35)/t22-,23?,24-,25?,26?. The molecule has 2 aliphatic heterocycles. The van der Waals surface area contributed by atoms with Gasteiger partial charge in [-0.2, -0.15) is 0 Å². The van der Waals surface area contributed by atoms with Crippen molar-refractivity contribution in [2.45, 2.75) is 81.6 Å². The van der Waals surface area contributed by atoms with Gasteiger partial charge in [-0.25, -0.2) is 9.97 Å². The predicted molar refractivity (Wildman–Crippen MR) is 156 cm³/mol. The number of hydrogen-bond donors (Lipinski definition) is 2. The third-order valence-electron chi connectivity index (χ3n) is 9.44. The minimum atomic E-state index is 0.419.